The molecule has 0 amide bonds. The molecular weight excluding hydrogens is 220 g/mol. The first kappa shape index (κ1) is 9.52. The Balaban J connectivity index is 3.51. The molecule has 0 aliphatic rings. The first-order valence-corrected chi connectivity index (χ1v) is 4.66. The van der Waals surface area contributed by atoms with E-state index in [0.717, 1.165) is 23.3 Å². The Hall–Kier alpha value is -0.570. The van der Waals surface area contributed by atoms with Crippen LogP contribution in [0.4, 0.5) is 0 Å². The van der Waals surface area contributed by atoms with Crippen LogP contribution in [-0.2, 0) is 6.42 Å². The van der Waals surface area contributed by atoms with Crippen LogP contribution in [0.3, 0.4) is 0 Å². The monoisotopic (exact) mass is 230 g/mol. The maximum Gasteiger partial charge on any atom is 0.350 e. The number of halogens is 1. The highest BCUT2D eigenvalue weighted by atomic mass is 79.9. The molecule has 0 aliphatic heterocycles. The van der Waals surface area contributed by atoms with Crippen molar-refractivity contribution in [2.45, 2.75) is 27.2 Å². The van der Waals surface area contributed by atoms with E-state index in [0.29, 0.717) is 4.47 Å². The molecule has 2 nitrogen and oxygen atoms in total. The quantitative estimate of drug-likeness (QED) is 0.743. The van der Waals surface area contributed by atoms with Crippen LogP contribution in [0.2, 0.25) is 0 Å². The molecule has 0 atom stereocenters. The van der Waals surface area contributed by atoms with E-state index in [9.17, 15) is 4.79 Å². The molecule has 0 bridgehead atoms. The number of rotatable bonds is 1. The van der Waals surface area contributed by atoms with Crippen molar-refractivity contribution < 1.29 is 4.42 Å². The SMILES string of the molecule is CCc1c(C)oc(=O)c(Br)c1C. The average Bonchev–Trinajstić information content (AvgIpc) is 2.01. The van der Waals surface area contributed by atoms with Gasteiger partial charge in [0.15, 0.2) is 0 Å². The van der Waals surface area contributed by atoms with E-state index in [1.54, 1.807) is 0 Å². The van der Waals surface area contributed by atoms with E-state index < -0.39 is 0 Å². The molecule has 66 valence electrons. The van der Waals surface area contributed by atoms with Crippen molar-refractivity contribution in [3.63, 3.8) is 0 Å². The summed E-state index contributed by atoms with van der Waals surface area (Å²) in [5, 5.41) is 0. The molecule has 1 aromatic heterocycles. The van der Waals surface area contributed by atoms with Crippen molar-refractivity contribution in [3.05, 3.63) is 31.8 Å². The zero-order valence-electron chi connectivity index (χ0n) is 7.40. The molecule has 1 aromatic rings. The van der Waals surface area contributed by atoms with E-state index >= 15 is 0 Å². The summed E-state index contributed by atoms with van der Waals surface area (Å²) in [7, 11) is 0. The van der Waals surface area contributed by atoms with Crippen LogP contribution in [0, 0.1) is 13.8 Å². The largest absolute Gasteiger partial charge is 0.427 e. The van der Waals surface area contributed by atoms with Gasteiger partial charge in [-0.2, -0.15) is 0 Å². The molecular formula is C9H11BrO2. The van der Waals surface area contributed by atoms with Crippen molar-refractivity contribution in [3.8, 4) is 0 Å². The average molecular weight is 231 g/mol. The summed E-state index contributed by atoms with van der Waals surface area (Å²) in [6, 6.07) is 0. The van der Waals surface area contributed by atoms with Crippen LogP contribution < -0.4 is 5.63 Å². The van der Waals surface area contributed by atoms with Crippen LogP contribution in [0.25, 0.3) is 0 Å². The van der Waals surface area contributed by atoms with Gasteiger partial charge in [-0.1, -0.05) is 6.92 Å². The van der Waals surface area contributed by atoms with Gasteiger partial charge in [-0.15, -0.1) is 0 Å². The van der Waals surface area contributed by atoms with Crippen LogP contribution in [-0.4, -0.2) is 0 Å². The Bertz CT molecular complexity index is 352. The molecule has 1 rings (SSSR count). The summed E-state index contributed by atoms with van der Waals surface area (Å²) in [6.07, 6.45) is 0.889. The fourth-order valence-electron chi connectivity index (χ4n) is 1.31. The molecule has 0 fully saturated rings. The summed E-state index contributed by atoms with van der Waals surface area (Å²) in [5.74, 6) is 0.725. The molecule has 0 N–H and O–H groups in total. The Kier molecular flexibility index (Phi) is 2.73. The molecule has 0 saturated heterocycles. The van der Waals surface area contributed by atoms with Gasteiger partial charge in [-0.25, -0.2) is 4.79 Å². The number of hydrogen-bond acceptors (Lipinski definition) is 2. The molecule has 0 aromatic carbocycles. The zero-order chi connectivity index (χ0) is 9.30. The maximum atomic E-state index is 11.1. The second-order valence-corrected chi connectivity index (χ2v) is 3.51. The van der Waals surface area contributed by atoms with Crippen molar-refractivity contribution in [2.24, 2.45) is 0 Å². The second kappa shape index (κ2) is 3.44. The Morgan fingerprint density at radius 1 is 1.42 bits per heavy atom. The lowest BCUT2D eigenvalue weighted by Gasteiger charge is -2.06. The molecule has 0 spiro atoms. The van der Waals surface area contributed by atoms with E-state index in [4.69, 9.17) is 4.42 Å². The maximum absolute atomic E-state index is 11.1. The van der Waals surface area contributed by atoms with Crippen molar-refractivity contribution in [1.82, 2.24) is 0 Å². The van der Waals surface area contributed by atoms with E-state index in [1.165, 1.54) is 0 Å². The Labute approximate surface area is 79.7 Å². The minimum atomic E-state index is -0.290. The summed E-state index contributed by atoms with van der Waals surface area (Å²) in [6.45, 7) is 5.79. The van der Waals surface area contributed by atoms with Crippen LogP contribution in [0.5, 0.6) is 0 Å². The summed E-state index contributed by atoms with van der Waals surface area (Å²) >= 11 is 3.20. The topological polar surface area (TPSA) is 30.2 Å². The summed E-state index contributed by atoms with van der Waals surface area (Å²) < 4.78 is 5.55. The number of aryl methyl sites for hydroxylation is 1. The van der Waals surface area contributed by atoms with Gasteiger partial charge in [-0.3, -0.25) is 0 Å². The van der Waals surface area contributed by atoms with Gasteiger partial charge in [0.05, 0.1) is 0 Å². The third-order valence-electron chi connectivity index (χ3n) is 1.99. The van der Waals surface area contributed by atoms with Crippen molar-refractivity contribution >= 4 is 15.9 Å². The summed E-state index contributed by atoms with van der Waals surface area (Å²) in [4.78, 5) is 11.1. The Morgan fingerprint density at radius 2 is 2.00 bits per heavy atom. The molecule has 0 unspecified atom stereocenters. The molecule has 1 heterocycles. The van der Waals surface area contributed by atoms with Gasteiger partial charge in [0.25, 0.3) is 0 Å². The van der Waals surface area contributed by atoms with Crippen molar-refractivity contribution in [2.75, 3.05) is 0 Å². The molecule has 12 heavy (non-hydrogen) atoms. The third kappa shape index (κ3) is 1.46. The number of hydrogen-bond donors (Lipinski definition) is 0. The fraction of sp³-hybridized carbons (Fsp3) is 0.444. The second-order valence-electron chi connectivity index (χ2n) is 2.72. The Morgan fingerprint density at radius 3 is 2.50 bits per heavy atom. The van der Waals surface area contributed by atoms with Gasteiger partial charge in [-0.05, 0) is 47.3 Å². The normalized spacial score (nSPS) is 10.3. The van der Waals surface area contributed by atoms with E-state index in [1.807, 2.05) is 20.8 Å². The molecule has 0 aliphatic carbocycles. The minimum Gasteiger partial charge on any atom is -0.427 e. The first-order chi connectivity index (χ1) is 5.57. The van der Waals surface area contributed by atoms with E-state index in [2.05, 4.69) is 15.9 Å². The van der Waals surface area contributed by atoms with Gasteiger partial charge in [0.2, 0.25) is 0 Å². The van der Waals surface area contributed by atoms with Gasteiger partial charge in [0, 0.05) is 0 Å². The zero-order valence-corrected chi connectivity index (χ0v) is 8.99. The third-order valence-corrected chi connectivity index (χ3v) is 2.90. The predicted octanol–water partition coefficient (Wildman–Crippen LogP) is 2.58. The lowest BCUT2D eigenvalue weighted by Crippen LogP contribution is -2.06. The molecule has 0 radical (unpaired) electrons. The van der Waals surface area contributed by atoms with Gasteiger partial charge >= 0.3 is 5.63 Å². The predicted molar refractivity (Wildman–Crippen MR) is 51.5 cm³/mol. The highest BCUT2D eigenvalue weighted by Gasteiger charge is 2.09. The highest BCUT2D eigenvalue weighted by Crippen LogP contribution is 2.19. The van der Waals surface area contributed by atoms with Crippen LogP contribution in [0.15, 0.2) is 13.7 Å². The molecule has 3 heteroatoms. The molecule has 0 saturated carbocycles. The lowest BCUT2D eigenvalue weighted by molar-refractivity contribution is 0.467. The smallest absolute Gasteiger partial charge is 0.350 e. The lowest BCUT2D eigenvalue weighted by atomic mass is 10.1. The van der Waals surface area contributed by atoms with E-state index in [-0.39, 0.29) is 5.63 Å². The van der Waals surface area contributed by atoms with Crippen LogP contribution in [0.1, 0.15) is 23.8 Å². The first-order valence-electron chi connectivity index (χ1n) is 3.86. The highest BCUT2D eigenvalue weighted by molar-refractivity contribution is 9.10. The van der Waals surface area contributed by atoms with Crippen LogP contribution >= 0.6 is 15.9 Å². The van der Waals surface area contributed by atoms with Gasteiger partial charge in [0.1, 0.15) is 10.2 Å². The van der Waals surface area contributed by atoms with Crippen molar-refractivity contribution in [1.29, 1.82) is 0 Å². The minimum absolute atomic E-state index is 0.290. The van der Waals surface area contributed by atoms with Gasteiger partial charge < -0.3 is 4.42 Å². The standard InChI is InChI=1S/C9H11BrO2/c1-4-7-5(2)8(10)9(11)12-6(7)3/h4H2,1-3H3. The fourth-order valence-corrected chi connectivity index (χ4v) is 1.63. The summed E-state index contributed by atoms with van der Waals surface area (Å²) in [5.41, 5.74) is 1.81.